The first-order valence-electron chi connectivity index (χ1n) is 7.13. The zero-order valence-electron chi connectivity index (χ0n) is 12.9. The number of nitrogens with zero attached hydrogens (tertiary/aromatic N) is 1. The summed E-state index contributed by atoms with van der Waals surface area (Å²) in [6.07, 6.45) is 1.78. The van der Waals surface area contributed by atoms with Crippen molar-refractivity contribution in [3.63, 3.8) is 0 Å². The lowest BCUT2D eigenvalue weighted by molar-refractivity contribution is 0.102. The summed E-state index contributed by atoms with van der Waals surface area (Å²) in [4.78, 5) is 16.6. The molecule has 1 N–H and O–H groups in total. The first-order valence-corrected chi connectivity index (χ1v) is 8.01. The molecule has 0 atom stereocenters. The van der Waals surface area contributed by atoms with Crippen molar-refractivity contribution in [3.05, 3.63) is 65.2 Å². The number of hydrogen-bond donors (Lipinski definition) is 1. The minimum atomic E-state index is -0.162. The second-order valence-corrected chi connectivity index (χ2v) is 5.95. The van der Waals surface area contributed by atoms with Gasteiger partial charge in [0, 0.05) is 28.4 Å². The summed E-state index contributed by atoms with van der Waals surface area (Å²) >= 11 is 1.59. The molecule has 0 radical (unpaired) electrons. The van der Waals surface area contributed by atoms with Gasteiger partial charge in [0.25, 0.3) is 5.91 Å². The van der Waals surface area contributed by atoms with Crippen LogP contribution in [0.5, 0.6) is 5.75 Å². The topological polar surface area (TPSA) is 51.2 Å². The number of hydrogen-bond acceptors (Lipinski definition) is 4. The molecule has 4 nitrogen and oxygen atoms in total. The Morgan fingerprint density at radius 1 is 1.17 bits per heavy atom. The minimum Gasteiger partial charge on any atom is -0.496 e. The van der Waals surface area contributed by atoms with Crippen molar-refractivity contribution >= 4 is 22.9 Å². The van der Waals surface area contributed by atoms with E-state index in [0.717, 1.165) is 21.8 Å². The summed E-state index contributed by atoms with van der Waals surface area (Å²) in [5, 5.41) is 5.79. The van der Waals surface area contributed by atoms with Crippen LogP contribution in [-0.4, -0.2) is 18.0 Å². The molecule has 5 heteroatoms. The lowest BCUT2D eigenvalue weighted by atomic mass is 10.1. The largest absolute Gasteiger partial charge is 0.496 e. The zero-order chi connectivity index (χ0) is 16.2. The molecule has 3 aromatic rings. The molecule has 0 saturated carbocycles. The molecule has 3 rings (SSSR count). The number of carbonyl (C=O) groups is 1. The van der Waals surface area contributed by atoms with Gasteiger partial charge in [-0.15, -0.1) is 11.3 Å². The molecule has 1 heterocycles. The Labute approximate surface area is 138 Å². The maximum absolute atomic E-state index is 12.3. The number of aryl methyl sites for hydroxylation is 1. The third-order valence-corrected chi connectivity index (χ3v) is 4.31. The van der Waals surface area contributed by atoms with Gasteiger partial charge in [-0.1, -0.05) is 6.07 Å². The molecule has 0 aliphatic carbocycles. The maximum Gasteiger partial charge on any atom is 0.255 e. The average molecular weight is 324 g/mol. The van der Waals surface area contributed by atoms with Crippen LogP contribution in [0.25, 0.3) is 10.6 Å². The van der Waals surface area contributed by atoms with Gasteiger partial charge in [0.1, 0.15) is 10.8 Å². The fraction of sp³-hybridized carbons (Fsp3) is 0.111. The highest BCUT2D eigenvalue weighted by atomic mass is 32.1. The predicted molar refractivity (Wildman–Crippen MR) is 93.2 cm³/mol. The van der Waals surface area contributed by atoms with Crippen LogP contribution < -0.4 is 10.1 Å². The molecule has 116 valence electrons. The number of ether oxygens (including phenoxy) is 1. The molecular weight excluding hydrogens is 308 g/mol. The summed E-state index contributed by atoms with van der Waals surface area (Å²) < 4.78 is 5.26. The first-order chi connectivity index (χ1) is 11.2. The predicted octanol–water partition coefficient (Wildman–Crippen LogP) is 4.38. The Bertz CT molecular complexity index is 812. The normalized spacial score (nSPS) is 10.3. The molecule has 0 spiro atoms. The van der Waals surface area contributed by atoms with Crippen molar-refractivity contribution in [2.24, 2.45) is 0 Å². The maximum atomic E-state index is 12.3. The van der Waals surface area contributed by atoms with Gasteiger partial charge in [0.05, 0.1) is 7.11 Å². The third kappa shape index (κ3) is 3.40. The van der Waals surface area contributed by atoms with E-state index in [-0.39, 0.29) is 5.91 Å². The van der Waals surface area contributed by atoms with Gasteiger partial charge in [0.2, 0.25) is 0 Å². The van der Waals surface area contributed by atoms with Crippen LogP contribution >= 0.6 is 11.3 Å². The fourth-order valence-corrected chi connectivity index (χ4v) is 2.87. The fourth-order valence-electron chi connectivity index (χ4n) is 2.23. The molecule has 2 aromatic carbocycles. The number of thiazole rings is 1. The number of benzene rings is 2. The smallest absolute Gasteiger partial charge is 0.255 e. The molecule has 0 aliphatic rings. The number of carbonyl (C=O) groups excluding carboxylic acids is 1. The van der Waals surface area contributed by atoms with Crippen molar-refractivity contribution in [2.45, 2.75) is 6.92 Å². The number of anilines is 1. The van der Waals surface area contributed by atoms with Crippen LogP contribution in [0, 0.1) is 6.92 Å². The monoisotopic (exact) mass is 324 g/mol. The van der Waals surface area contributed by atoms with Gasteiger partial charge in [0.15, 0.2) is 0 Å². The molecule has 0 fully saturated rings. The van der Waals surface area contributed by atoms with Crippen LogP contribution in [0.3, 0.4) is 0 Å². The standard InChI is InChI=1S/C18H16N2O2S/c1-12-3-4-14(11-16(12)22-2)17(21)20-15-7-5-13(6-8-15)18-19-9-10-23-18/h3-11H,1-2H3,(H,20,21). The Morgan fingerprint density at radius 2 is 1.96 bits per heavy atom. The molecule has 0 saturated heterocycles. The van der Waals surface area contributed by atoms with Crippen molar-refractivity contribution in [1.29, 1.82) is 0 Å². The van der Waals surface area contributed by atoms with E-state index in [2.05, 4.69) is 10.3 Å². The van der Waals surface area contributed by atoms with E-state index >= 15 is 0 Å². The van der Waals surface area contributed by atoms with E-state index < -0.39 is 0 Å². The summed E-state index contributed by atoms with van der Waals surface area (Å²) in [5.74, 6) is 0.544. The lowest BCUT2D eigenvalue weighted by Crippen LogP contribution is -2.12. The Morgan fingerprint density at radius 3 is 2.61 bits per heavy atom. The molecule has 0 bridgehead atoms. The number of methoxy groups -OCH3 is 1. The van der Waals surface area contributed by atoms with Crippen molar-refractivity contribution < 1.29 is 9.53 Å². The molecule has 0 unspecified atom stereocenters. The Kier molecular flexibility index (Phi) is 4.39. The molecule has 1 amide bonds. The highest BCUT2D eigenvalue weighted by molar-refractivity contribution is 7.13. The second-order valence-electron chi connectivity index (χ2n) is 5.05. The summed E-state index contributed by atoms with van der Waals surface area (Å²) in [6, 6.07) is 13.1. The molecule has 1 aromatic heterocycles. The summed E-state index contributed by atoms with van der Waals surface area (Å²) in [7, 11) is 1.60. The van der Waals surface area contributed by atoms with E-state index in [0.29, 0.717) is 11.3 Å². The van der Waals surface area contributed by atoms with Crippen molar-refractivity contribution in [1.82, 2.24) is 4.98 Å². The van der Waals surface area contributed by atoms with Crippen LogP contribution in [0.1, 0.15) is 15.9 Å². The van der Waals surface area contributed by atoms with E-state index in [1.165, 1.54) is 0 Å². The van der Waals surface area contributed by atoms with Crippen molar-refractivity contribution in [2.75, 3.05) is 12.4 Å². The SMILES string of the molecule is COc1cc(C(=O)Nc2ccc(-c3nccs3)cc2)ccc1C. The van der Waals surface area contributed by atoms with Gasteiger partial charge in [-0.3, -0.25) is 4.79 Å². The van der Waals surface area contributed by atoms with Gasteiger partial charge in [-0.25, -0.2) is 4.98 Å². The van der Waals surface area contributed by atoms with Crippen LogP contribution in [0.4, 0.5) is 5.69 Å². The number of amides is 1. The van der Waals surface area contributed by atoms with Gasteiger partial charge >= 0.3 is 0 Å². The Hall–Kier alpha value is -2.66. The summed E-state index contributed by atoms with van der Waals surface area (Å²) in [6.45, 7) is 1.94. The molecule has 0 aliphatic heterocycles. The molecular formula is C18H16N2O2S. The molecule has 23 heavy (non-hydrogen) atoms. The number of rotatable bonds is 4. The van der Waals surface area contributed by atoms with Crippen LogP contribution in [0.2, 0.25) is 0 Å². The minimum absolute atomic E-state index is 0.162. The van der Waals surface area contributed by atoms with E-state index in [1.54, 1.807) is 36.8 Å². The number of aromatic nitrogens is 1. The second kappa shape index (κ2) is 6.62. The van der Waals surface area contributed by atoms with Crippen LogP contribution in [0.15, 0.2) is 54.0 Å². The lowest BCUT2D eigenvalue weighted by Gasteiger charge is -2.09. The number of nitrogens with one attached hydrogen (secondary N) is 1. The van der Waals surface area contributed by atoms with Crippen molar-refractivity contribution in [3.8, 4) is 16.3 Å². The van der Waals surface area contributed by atoms with E-state index in [9.17, 15) is 4.79 Å². The van der Waals surface area contributed by atoms with Crippen LogP contribution in [-0.2, 0) is 0 Å². The van der Waals surface area contributed by atoms with E-state index in [1.807, 2.05) is 42.6 Å². The quantitative estimate of drug-likeness (QED) is 0.775. The highest BCUT2D eigenvalue weighted by Gasteiger charge is 2.09. The summed E-state index contributed by atoms with van der Waals surface area (Å²) in [5.41, 5.74) is 3.35. The average Bonchev–Trinajstić information content (AvgIpc) is 3.10. The van der Waals surface area contributed by atoms with Gasteiger partial charge < -0.3 is 10.1 Å². The van der Waals surface area contributed by atoms with Gasteiger partial charge in [-0.2, -0.15) is 0 Å². The van der Waals surface area contributed by atoms with Gasteiger partial charge in [-0.05, 0) is 48.9 Å². The third-order valence-electron chi connectivity index (χ3n) is 3.49. The zero-order valence-corrected chi connectivity index (χ0v) is 13.7. The highest BCUT2D eigenvalue weighted by Crippen LogP contribution is 2.24. The first kappa shape index (κ1) is 15.2. The van der Waals surface area contributed by atoms with E-state index in [4.69, 9.17) is 4.74 Å². The Balaban J connectivity index is 1.75.